The predicted octanol–water partition coefficient (Wildman–Crippen LogP) is 2.59. The number of nitrogens with one attached hydrogen (secondary N) is 3. The molecule has 11 heteroatoms. The molecule has 0 atom stereocenters. The minimum absolute atomic E-state index is 0.0622. The fraction of sp³-hybridized carbons (Fsp3) is 0.167. The Kier molecular flexibility index (Phi) is 6.29. The SMILES string of the molecule is Cc1ccc(Nc2ccc(NCCNS(=O)(=O)c3cc(F)ccc3F)nn2)nc1. The third kappa shape index (κ3) is 5.65. The van der Waals surface area contributed by atoms with Gasteiger partial charge in [0.15, 0.2) is 5.82 Å². The monoisotopic (exact) mass is 420 g/mol. The summed E-state index contributed by atoms with van der Waals surface area (Å²) in [6, 6.07) is 9.31. The number of anilines is 3. The summed E-state index contributed by atoms with van der Waals surface area (Å²) in [4.78, 5) is 3.47. The largest absolute Gasteiger partial charge is 0.367 e. The lowest BCUT2D eigenvalue weighted by Crippen LogP contribution is -2.29. The quantitative estimate of drug-likeness (QED) is 0.481. The summed E-state index contributed by atoms with van der Waals surface area (Å²) in [5, 5.41) is 13.9. The van der Waals surface area contributed by atoms with E-state index in [1.807, 2.05) is 19.1 Å². The molecule has 8 nitrogen and oxygen atoms in total. The molecule has 2 heterocycles. The first kappa shape index (κ1) is 20.6. The van der Waals surface area contributed by atoms with Crippen LogP contribution in [0.25, 0.3) is 0 Å². The zero-order chi connectivity index (χ0) is 20.9. The minimum atomic E-state index is -4.17. The highest BCUT2D eigenvalue weighted by Gasteiger charge is 2.19. The summed E-state index contributed by atoms with van der Waals surface area (Å²) >= 11 is 0. The van der Waals surface area contributed by atoms with Crippen LogP contribution < -0.4 is 15.4 Å². The van der Waals surface area contributed by atoms with Crippen molar-refractivity contribution >= 4 is 27.5 Å². The van der Waals surface area contributed by atoms with E-state index in [2.05, 4.69) is 30.5 Å². The topological polar surface area (TPSA) is 109 Å². The molecule has 3 rings (SSSR count). The zero-order valence-corrected chi connectivity index (χ0v) is 16.2. The molecule has 0 aliphatic rings. The predicted molar refractivity (Wildman–Crippen MR) is 104 cm³/mol. The molecule has 152 valence electrons. The van der Waals surface area contributed by atoms with E-state index in [4.69, 9.17) is 0 Å². The molecule has 0 bridgehead atoms. The van der Waals surface area contributed by atoms with Crippen molar-refractivity contribution in [1.29, 1.82) is 0 Å². The highest BCUT2D eigenvalue weighted by Crippen LogP contribution is 2.15. The minimum Gasteiger partial charge on any atom is -0.367 e. The number of pyridine rings is 1. The summed E-state index contributed by atoms with van der Waals surface area (Å²) in [5.74, 6) is -0.319. The van der Waals surface area contributed by atoms with E-state index in [0.29, 0.717) is 23.5 Å². The molecule has 0 aliphatic heterocycles. The average Bonchev–Trinajstić information content (AvgIpc) is 2.70. The van der Waals surface area contributed by atoms with Crippen LogP contribution in [-0.2, 0) is 10.0 Å². The molecule has 0 fully saturated rings. The molecule has 0 saturated heterocycles. The number of aromatic nitrogens is 3. The van der Waals surface area contributed by atoms with Crippen molar-refractivity contribution in [3.8, 4) is 0 Å². The number of hydrogen-bond acceptors (Lipinski definition) is 7. The molecule has 0 spiro atoms. The van der Waals surface area contributed by atoms with Crippen molar-refractivity contribution < 1.29 is 17.2 Å². The third-order valence-electron chi connectivity index (χ3n) is 3.74. The van der Waals surface area contributed by atoms with Crippen LogP contribution in [0.3, 0.4) is 0 Å². The van der Waals surface area contributed by atoms with Gasteiger partial charge < -0.3 is 10.6 Å². The second-order valence-corrected chi connectivity index (χ2v) is 7.78. The summed E-state index contributed by atoms with van der Waals surface area (Å²) in [7, 11) is -4.17. The fourth-order valence-electron chi connectivity index (χ4n) is 2.30. The van der Waals surface area contributed by atoms with Gasteiger partial charge in [-0.3, -0.25) is 0 Å². The molecule has 3 aromatic rings. The third-order valence-corrected chi connectivity index (χ3v) is 5.21. The zero-order valence-electron chi connectivity index (χ0n) is 15.4. The van der Waals surface area contributed by atoms with Crippen molar-refractivity contribution in [2.75, 3.05) is 23.7 Å². The van der Waals surface area contributed by atoms with E-state index in [9.17, 15) is 17.2 Å². The number of rotatable bonds is 8. The number of benzene rings is 1. The smallest absolute Gasteiger partial charge is 0.243 e. The molecular formula is C18H18F2N6O2S. The second-order valence-electron chi connectivity index (χ2n) is 6.05. The number of hydrogen-bond donors (Lipinski definition) is 3. The van der Waals surface area contributed by atoms with Gasteiger partial charge in [-0.25, -0.2) is 26.9 Å². The van der Waals surface area contributed by atoms with Gasteiger partial charge >= 0.3 is 0 Å². The molecule has 0 unspecified atom stereocenters. The van der Waals surface area contributed by atoms with Crippen LogP contribution in [0, 0.1) is 18.6 Å². The summed E-state index contributed by atoms with van der Waals surface area (Å²) in [6.07, 6.45) is 1.72. The molecular weight excluding hydrogens is 402 g/mol. The van der Waals surface area contributed by atoms with Crippen LogP contribution in [0.1, 0.15) is 5.56 Å². The van der Waals surface area contributed by atoms with Gasteiger partial charge in [0.1, 0.15) is 28.2 Å². The molecule has 0 amide bonds. The van der Waals surface area contributed by atoms with Gasteiger partial charge in [0.05, 0.1) is 0 Å². The van der Waals surface area contributed by atoms with E-state index < -0.39 is 26.6 Å². The first-order valence-corrected chi connectivity index (χ1v) is 10.0. The van der Waals surface area contributed by atoms with Crippen LogP contribution in [0.4, 0.5) is 26.2 Å². The molecule has 0 aliphatic carbocycles. The lowest BCUT2D eigenvalue weighted by Gasteiger charge is -2.09. The molecule has 0 saturated carbocycles. The van der Waals surface area contributed by atoms with Crippen LogP contribution in [0.15, 0.2) is 53.6 Å². The van der Waals surface area contributed by atoms with E-state index in [1.165, 1.54) is 0 Å². The Morgan fingerprint density at radius 3 is 2.34 bits per heavy atom. The van der Waals surface area contributed by atoms with E-state index >= 15 is 0 Å². The average molecular weight is 420 g/mol. The number of sulfonamides is 1. The lowest BCUT2D eigenvalue weighted by atomic mass is 10.3. The standard InChI is InChI=1S/C18H18F2N6O2S/c1-12-2-5-16(22-11-12)24-18-7-6-17(25-26-18)21-8-9-23-29(27,28)15-10-13(19)3-4-14(15)20/h2-7,10-11,23H,8-9H2,1H3,(H,21,25)(H,22,24,26). The molecule has 29 heavy (non-hydrogen) atoms. The molecule has 1 aromatic carbocycles. The van der Waals surface area contributed by atoms with Gasteiger partial charge in [-0.2, -0.15) is 0 Å². The van der Waals surface area contributed by atoms with Crippen LogP contribution >= 0.6 is 0 Å². The van der Waals surface area contributed by atoms with E-state index in [1.54, 1.807) is 18.3 Å². The number of halogens is 2. The van der Waals surface area contributed by atoms with Crippen molar-refractivity contribution in [3.63, 3.8) is 0 Å². The van der Waals surface area contributed by atoms with E-state index in [-0.39, 0.29) is 13.1 Å². The molecule has 3 N–H and O–H groups in total. The van der Waals surface area contributed by atoms with Crippen molar-refractivity contribution in [3.05, 3.63) is 65.9 Å². The summed E-state index contributed by atoms with van der Waals surface area (Å²) < 4.78 is 53.1. The van der Waals surface area contributed by atoms with Crippen LogP contribution in [-0.4, -0.2) is 36.7 Å². The van der Waals surface area contributed by atoms with Gasteiger partial charge in [0.2, 0.25) is 10.0 Å². The Bertz CT molecular complexity index is 1080. The Morgan fingerprint density at radius 1 is 0.931 bits per heavy atom. The number of nitrogens with zero attached hydrogens (tertiary/aromatic N) is 3. The molecule has 0 radical (unpaired) electrons. The maximum absolute atomic E-state index is 13.6. The normalized spacial score (nSPS) is 11.3. The van der Waals surface area contributed by atoms with Crippen molar-refractivity contribution in [2.24, 2.45) is 0 Å². The van der Waals surface area contributed by atoms with Gasteiger partial charge in [-0.1, -0.05) is 6.07 Å². The summed E-state index contributed by atoms with van der Waals surface area (Å²) in [6.45, 7) is 2.04. The highest BCUT2D eigenvalue weighted by molar-refractivity contribution is 7.89. The Balaban J connectivity index is 1.50. The Labute approximate surface area is 166 Å². The van der Waals surface area contributed by atoms with Crippen LogP contribution in [0.2, 0.25) is 0 Å². The summed E-state index contributed by atoms with van der Waals surface area (Å²) in [5.41, 5.74) is 1.04. The van der Waals surface area contributed by atoms with Crippen LogP contribution in [0.5, 0.6) is 0 Å². The second kappa shape index (κ2) is 8.88. The Morgan fingerprint density at radius 2 is 1.66 bits per heavy atom. The van der Waals surface area contributed by atoms with Crippen molar-refractivity contribution in [1.82, 2.24) is 19.9 Å². The molecule has 2 aromatic heterocycles. The fourth-order valence-corrected chi connectivity index (χ4v) is 3.42. The Hall–Kier alpha value is -3.18. The number of aryl methyl sites for hydroxylation is 1. The maximum Gasteiger partial charge on any atom is 0.243 e. The highest BCUT2D eigenvalue weighted by atomic mass is 32.2. The van der Waals surface area contributed by atoms with Gasteiger partial charge in [-0.15, -0.1) is 10.2 Å². The van der Waals surface area contributed by atoms with Gasteiger partial charge in [0.25, 0.3) is 0 Å². The van der Waals surface area contributed by atoms with E-state index in [0.717, 1.165) is 17.7 Å². The van der Waals surface area contributed by atoms with Crippen molar-refractivity contribution in [2.45, 2.75) is 11.8 Å². The van der Waals surface area contributed by atoms with Gasteiger partial charge in [0, 0.05) is 19.3 Å². The lowest BCUT2D eigenvalue weighted by molar-refractivity contribution is 0.546. The maximum atomic E-state index is 13.6. The van der Waals surface area contributed by atoms with Gasteiger partial charge in [-0.05, 0) is 48.9 Å². The first-order chi connectivity index (χ1) is 13.8. The first-order valence-electron chi connectivity index (χ1n) is 8.55.